The lowest BCUT2D eigenvalue weighted by Crippen LogP contribution is -2.41. The highest BCUT2D eigenvalue weighted by molar-refractivity contribution is 5.79. The van der Waals surface area contributed by atoms with Gasteiger partial charge < -0.3 is 15.1 Å². The normalized spacial score (nSPS) is 16.5. The molecule has 0 bridgehead atoms. The summed E-state index contributed by atoms with van der Waals surface area (Å²) in [5.74, 6) is 0.904. The molecular formula is C20H19N3O2. The van der Waals surface area contributed by atoms with Crippen molar-refractivity contribution >= 4 is 11.6 Å². The standard InChI is InChI=1S/C20H19N3O2/c21-20(24)16-10-15-8-4-5-9-17(15)23(12-16)13-19-22-11-18(25-19)14-6-2-1-3-7-14/h1-9,11,16H,10,12-13H2,(H2,21,24)/t16-/m0/s1. The molecule has 0 spiro atoms. The Hall–Kier alpha value is -3.08. The molecule has 1 aliphatic heterocycles. The summed E-state index contributed by atoms with van der Waals surface area (Å²) in [6, 6.07) is 18.0. The van der Waals surface area contributed by atoms with Crippen molar-refractivity contribution in [3.63, 3.8) is 0 Å². The van der Waals surface area contributed by atoms with Crippen LogP contribution in [0.15, 0.2) is 65.2 Å². The van der Waals surface area contributed by atoms with Crippen LogP contribution in [0.3, 0.4) is 0 Å². The van der Waals surface area contributed by atoms with Gasteiger partial charge in [0.1, 0.15) is 0 Å². The zero-order valence-corrected chi connectivity index (χ0v) is 13.8. The lowest BCUT2D eigenvalue weighted by molar-refractivity contribution is -0.121. The monoisotopic (exact) mass is 333 g/mol. The Morgan fingerprint density at radius 3 is 2.72 bits per heavy atom. The summed E-state index contributed by atoms with van der Waals surface area (Å²) in [5.41, 5.74) is 8.79. The van der Waals surface area contributed by atoms with Gasteiger partial charge >= 0.3 is 0 Å². The first-order valence-corrected chi connectivity index (χ1v) is 8.33. The molecule has 5 heteroatoms. The molecule has 5 nitrogen and oxygen atoms in total. The maximum atomic E-state index is 11.7. The van der Waals surface area contributed by atoms with Gasteiger partial charge in [-0.1, -0.05) is 48.5 Å². The van der Waals surface area contributed by atoms with Crippen molar-refractivity contribution < 1.29 is 9.21 Å². The quantitative estimate of drug-likeness (QED) is 0.796. The van der Waals surface area contributed by atoms with Gasteiger partial charge in [-0.25, -0.2) is 4.98 Å². The molecule has 0 unspecified atom stereocenters. The van der Waals surface area contributed by atoms with Gasteiger partial charge in [0.25, 0.3) is 0 Å². The topological polar surface area (TPSA) is 72.4 Å². The highest BCUT2D eigenvalue weighted by atomic mass is 16.4. The molecule has 0 aliphatic carbocycles. The summed E-state index contributed by atoms with van der Waals surface area (Å²) in [6.07, 6.45) is 2.43. The Morgan fingerprint density at radius 2 is 1.92 bits per heavy atom. The van der Waals surface area contributed by atoms with E-state index in [0.29, 0.717) is 25.4 Å². The SMILES string of the molecule is NC(=O)[C@H]1Cc2ccccc2N(Cc2ncc(-c3ccccc3)o2)C1. The third kappa shape index (κ3) is 3.13. The van der Waals surface area contributed by atoms with Gasteiger partial charge in [-0.15, -0.1) is 0 Å². The van der Waals surface area contributed by atoms with Crippen LogP contribution in [0.5, 0.6) is 0 Å². The number of anilines is 1. The van der Waals surface area contributed by atoms with Gasteiger partial charge in [-0.3, -0.25) is 4.79 Å². The number of carbonyl (C=O) groups is 1. The molecule has 2 heterocycles. The lowest BCUT2D eigenvalue weighted by Gasteiger charge is -2.34. The molecule has 126 valence electrons. The van der Waals surface area contributed by atoms with Crippen molar-refractivity contribution in [1.82, 2.24) is 4.98 Å². The second kappa shape index (κ2) is 6.43. The van der Waals surface area contributed by atoms with Crippen molar-refractivity contribution in [2.24, 2.45) is 11.7 Å². The summed E-state index contributed by atoms with van der Waals surface area (Å²) >= 11 is 0. The summed E-state index contributed by atoms with van der Waals surface area (Å²) in [7, 11) is 0. The van der Waals surface area contributed by atoms with E-state index in [-0.39, 0.29) is 11.8 Å². The first-order valence-electron chi connectivity index (χ1n) is 8.33. The smallest absolute Gasteiger partial charge is 0.222 e. The van der Waals surface area contributed by atoms with Crippen LogP contribution in [0.25, 0.3) is 11.3 Å². The van der Waals surface area contributed by atoms with Crippen LogP contribution in [0.2, 0.25) is 0 Å². The van der Waals surface area contributed by atoms with Crippen molar-refractivity contribution in [3.05, 3.63) is 72.2 Å². The van der Waals surface area contributed by atoms with E-state index in [2.05, 4.69) is 16.0 Å². The number of nitrogens with two attached hydrogens (primary N) is 1. The molecule has 4 rings (SSSR count). The number of nitrogens with zero attached hydrogens (tertiary/aromatic N) is 2. The molecule has 0 saturated carbocycles. The highest BCUT2D eigenvalue weighted by Crippen LogP contribution is 2.31. The van der Waals surface area contributed by atoms with Crippen LogP contribution < -0.4 is 10.6 Å². The number of hydrogen-bond donors (Lipinski definition) is 1. The second-order valence-electron chi connectivity index (χ2n) is 6.30. The van der Waals surface area contributed by atoms with Crippen LogP contribution in [0.4, 0.5) is 5.69 Å². The lowest BCUT2D eigenvalue weighted by atomic mass is 9.92. The third-order valence-electron chi connectivity index (χ3n) is 4.58. The Bertz CT molecular complexity index is 889. The van der Waals surface area contributed by atoms with Crippen molar-refractivity contribution in [2.45, 2.75) is 13.0 Å². The molecule has 0 fully saturated rings. The number of carbonyl (C=O) groups excluding carboxylic acids is 1. The molecular weight excluding hydrogens is 314 g/mol. The second-order valence-corrected chi connectivity index (χ2v) is 6.30. The van der Waals surface area contributed by atoms with Gasteiger partial charge in [0.05, 0.1) is 18.7 Å². The number of amides is 1. The number of oxazole rings is 1. The molecule has 1 amide bonds. The molecule has 0 radical (unpaired) electrons. The number of fused-ring (bicyclic) bond motifs is 1. The van der Waals surface area contributed by atoms with Crippen molar-refractivity contribution in [3.8, 4) is 11.3 Å². The fraction of sp³-hybridized carbons (Fsp3) is 0.200. The average Bonchev–Trinajstić information content (AvgIpc) is 3.11. The number of benzene rings is 2. The van der Waals surface area contributed by atoms with Crippen LogP contribution >= 0.6 is 0 Å². The van der Waals surface area contributed by atoms with E-state index in [1.165, 1.54) is 0 Å². The van der Waals surface area contributed by atoms with E-state index >= 15 is 0 Å². The number of aromatic nitrogens is 1. The van der Waals surface area contributed by atoms with Crippen LogP contribution in [-0.4, -0.2) is 17.4 Å². The molecule has 1 aliphatic rings. The number of rotatable bonds is 4. The van der Waals surface area contributed by atoms with Gasteiger partial charge in [0.15, 0.2) is 5.76 Å². The highest BCUT2D eigenvalue weighted by Gasteiger charge is 2.28. The largest absolute Gasteiger partial charge is 0.439 e. The van der Waals surface area contributed by atoms with E-state index in [4.69, 9.17) is 10.2 Å². The maximum Gasteiger partial charge on any atom is 0.222 e. The predicted octanol–water partition coefficient (Wildman–Crippen LogP) is 3.01. The third-order valence-corrected chi connectivity index (χ3v) is 4.58. The average molecular weight is 333 g/mol. The molecule has 1 atom stereocenters. The molecule has 2 aromatic carbocycles. The zero-order valence-electron chi connectivity index (χ0n) is 13.8. The molecule has 0 saturated heterocycles. The van der Waals surface area contributed by atoms with Crippen molar-refractivity contribution in [1.29, 1.82) is 0 Å². The zero-order chi connectivity index (χ0) is 17.2. The number of hydrogen-bond acceptors (Lipinski definition) is 4. The van der Waals surface area contributed by atoms with E-state index in [1.807, 2.05) is 48.5 Å². The summed E-state index contributed by atoms with van der Waals surface area (Å²) in [4.78, 5) is 18.2. The van der Waals surface area contributed by atoms with E-state index in [1.54, 1.807) is 6.20 Å². The summed E-state index contributed by atoms with van der Waals surface area (Å²) in [5, 5.41) is 0. The first kappa shape index (κ1) is 15.4. The van der Waals surface area contributed by atoms with Crippen LogP contribution in [0.1, 0.15) is 11.5 Å². The fourth-order valence-corrected chi connectivity index (χ4v) is 3.31. The summed E-state index contributed by atoms with van der Waals surface area (Å²) in [6.45, 7) is 1.09. The minimum Gasteiger partial charge on any atom is -0.439 e. The minimum absolute atomic E-state index is 0.196. The van der Waals surface area contributed by atoms with E-state index in [9.17, 15) is 4.79 Å². The van der Waals surface area contributed by atoms with Crippen LogP contribution in [0, 0.1) is 5.92 Å². The van der Waals surface area contributed by atoms with E-state index < -0.39 is 0 Å². The van der Waals surface area contributed by atoms with Gasteiger partial charge in [-0.2, -0.15) is 0 Å². The van der Waals surface area contributed by atoms with Gasteiger partial charge in [-0.05, 0) is 18.1 Å². The molecule has 2 N–H and O–H groups in total. The first-order chi connectivity index (χ1) is 12.2. The fourth-order valence-electron chi connectivity index (χ4n) is 3.31. The van der Waals surface area contributed by atoms with Crippen LogP contribution in [-0.2, 0) is 17.8 Å². The molecule has 1 aromatic heterocycles. The Labute approximate surface area is 146 Å². The molecule has 25 heavy (non-hydrogen) atoms. The van der Waals surface area contributed by atoms with Gasteiger partial charge in [0, 0.05) is 17.8 Å². The minimum atomic E-state index is -0.267. The number of primary amides is 1. The Balaban J connectivity index is 1.60. The Morgan fingerprint density at radius 1 is 1.16 bits per heavy atom. The summed E-state index contributed by atoms with van der Waals surface area (Å²) < 4.78 is 5.91. The van der Waals surface area contributed by atoms with E-state index in [0.717, 1.165) is 22.6 Å². The maximum absolute atomic E-state index is 11.7. The molecule has 3 aromatic rings. The van der Waals surface area contributed by atoms with Crippen molar-refractivity contribution in [2.75, 3.05) is 11.4 Å². The number of para-hydroxylation sites is 1. The van der Waals surface area contributed by atoms with Gasteiger partial charge in [0.2, 0.25) is 11.8 Å². The predicted molar refractivity (Wildman–Crippen MR) is 95.8 cm³/mol. The Kier molecular flexibility index (Phi) is 3.98.